The van der Waals surface area contributed by atoms with E-state index in [1.165, 1.54) is 0 Å². The van der Waals surface area contributed by atoms with Gasteiger partial charge in [0, 0.05) is 17.0 Å². The number of halogens is 3. The van der Waals surface area contributed by atoms with Crippen LogP contribution >= 0.6 is 34.8 Å². The Kier molecular flexibility index (Phi) is 5.12. The van der Waals surface area contributed by atoms with Crippen molar-refractivity contribution in [3.63, 3.8) is 0 Å². The molecule has 5 unspecified atom stereocenters. The summed E-state index contributed by atoms with van der Waals surface area (Å²) in [7, 11) is 1.56. The molecule has 5 heteroatoms. The van der Waals surface area contributed by atoms with E-state index < -0.39 is 0 Å². The second-order valence-electron chi connectivity index (χ2n) is 5.39. The van der Waals surface area contributed by atoms with Gasteiger partial charge in [0.1, 0.15) is 5.75 Å². The maximum atomic E-state index is 6.68. The van der Waals surface area contributed by atoms with Crippen molar-refractivity contribution in [2.75, 3.05) is 7.11 Å². The fourth-order valence-corrected chi connectivity index (χ4v) is 4.11. The van der Waals surface area contributed by atoms with Gasteiger partial charge in [-0.25, -0.2) is 0 Å². The largest absolute Gasteiger partial charge is 0.495 e. The molecule has 5 atom stereocenters. The average Bonchev–Trinajstić information content (AvgIpc) is 2.65. The smallest absolute Gasteiger partial charge is 0.138 e. The molecule has 1 heterocycles. The molecule has 20 heavy (non-hydrogen) atoms. The minimum absolute atomic E-state index is 0.0967. The predicted octanol–water partition coefficient (Wildman–Crippen LogP) is 5.34. The van der Waals surface area contributed by atoms with Gasteiger partial charge in [0.25, 0.3) is 0 Å². The zero-order valence-electron chi connectivity index (χ0n) is 12.0. The molecule has 1 aromatic carbocycles. The van der Waals surface area contributed by atoms with Crippen LogP contribution in [0.4, 0.5) is 0 Å². The van der Waals surface area contributed by atoms with Crippen molar-refractivity contribution in [2.24, 2.45) is 11.8 Å². The highest BCUT2D eigenvalue weighted by molar-refractivity contribution is 6.35. The van der Waals surface area contributed by atoms with Crippen molar-refractivity contribution in [1.29, 1.82) is 0 Å². The maximum absolute atomic E-state index is 6.68. The van der Waals surface area contributed by atoms with Crippen LogP contribution in [0.2, 0.25) is 10.0 Å². The molecule has 1 fully saturated rings. The van der Waals surface area contributed by atoms with Crippen molar-refractivity contribution >= 4 is 34.8 Å². The fraction of sp³-hybridized carbons (Fsp3) is 0.600. The van der Waals surface area contributed by atoms with Crippen molar-refractivity contribution in [3.05, 3.63) is 27.7 Å². The number of ether oxygens (including phenoxy) is 2. The second kappa shape index (κ2) is 6.31. The number of alkyl halides is 1. The zero-order chi connectivity index (χ0) is 15.0. The van der Waals surface area contributed by atoms with Crippen LogP contribution in [0.3, 0.4) is 0 Å². The third kappa shape index (κ3) is 2.89. The van der Waals surface area contributed by atoms with Gasteiger partial charge in [-0.3, -0.25) is 0 Å². The van der Waals surface area contributed by atoms with Crippen molar-refractivity contribution in [2.45, 2.75) is 38.4 Å². The van der Waals surface area contributed by atoms with Crippen LogP contribution in [0.5, 0.6) is 5.75 Å². The van der Waals surface area contributed by atoms with E-state index in [4.69, 9.17) is 44.3 Å². The van der Waals surface area contributed by atoms with E-state index in [0.717, 1.165) is 5.56 Å². The van der Waals surface area contributed by atoms with Crippen LogP contribution in [0, 0.1) is 11.8 Å². The van der Waals surface area contributed by atoms with E-state index in [9.17, 15) is 0 Å². The molecule has 0 radical (unpaired) electrons. The Morgan fingerprint density at radius 1 is 1.10 bits per heavy atom. The molecule has 1 aliphatic heterocycles. The van der Waals surface area contributed by atoms with Crippen LogP contribution in [-0.2, 0) is 4.74 Å². The summed E-state index contributed by atoms with van der Waals surface area (Å²) < 4.78 is 11.0. The maximum Gasteiger partial charge on any atom is 0.138 e. The lowest BCUT2D eigenvalue weighted by molar-refractivity contribution is 0.0508. The van der Waals surface area contributed by atoms with Gasteiger partial charge in [-0.1, -0.05) is 30.1 Å². The molecule has 1 aromatic rings. The summed E-state index contributed by atoms with van der Waals surface area (Å²) in [5, 5.41) is 0.857. The Morgan fingerprint density at radius 2 is 1.75 bits per heavy atom. The molecule has 0 bridgehead atoms. The standard InChI is InChI=1S/C15H19Cl3O2/c1-7-8(2)20-9(3)14(7)15(18)10-5-12(17)13(19-4)6-11(10)16/h5-9,14-15H,1-4H3. The van der Waals surface area contributed by atoms with Crippen LogP contribution in [-0.4, -0.2) is 19.3 Å². The number of rotatable bonds is 3. The summed E-state index contributed by atoms with van der Waals surface area (Å²) >= 11 is 19.2. The molecule has 2 rings (SSSR count). The van der Waals surface area contributed by atoms with Crippen molar-refractivity contribution < 1.29 is 9.47 Å². The monoisotopic (exact) mass is 336 g/mol. The van der Waals surface area contributed by atoms with E-state index in [1.54, 1.807) is 19.2 Å². The van der Waals surface area contributed by atoms with Gasteiger partial charge in [0.2, 0.25) is 0 Å². The number of benzene rings is 1. The first-order valence-corrected chi connectivity index (χ1v) is 7.88. The Morgan fingerprint density at radius 3 is 2.25 bits per heavy atom. The minimum Gasteiger partial charge on any atom is -0.495 e. The average molecular weight is 338 g/mol. The van der Waals surface area contributed by atoms with E-state index >= 15 is 0 Å². The third-order valence-corrected chi connectivity index (χ3v) is 5.37. The van der Waals surface area contributed by atoms with Gasteiger partial charge in [0.05, 0.1) is 29.7 Å². The molecule has 0 aromatic heterocycles. The minimum atomic E-state index is -0.235. The number of methoxy groups -OCH3 is 1. The molecule has 0 amide bonds. The molecule has 0 N–H and O–H groups in total. The Balaban J connectivity index is 2.34. The number of hydrogen-bond donors (Lipinski definition) is 0. The summed E-state index contributed by atoms with van der Waals surface area (Å²) in [5.74, 6) is 1.12. The first kappa shape index (κ1) is 16.2. The van der Waals surface area contributed by atoms with Crippen molar-refractivity contribution in [3.8, 4) is 5.75 Å². The lowest BCUT2D eigenvalue weighted by Gasteiger charge is -2.25. The first-order chi connectivity index (χ1) is 9.36. The third-order valence-electron chi connectivity index (χ3n) is 4.23. The van der Waals surface area contributed by atoms with Crippen LogP contribution in [0.15, 0.2) is 12.1 Å². The molecule has 2 nitrogen and oxygen atoms in total. The molecule has 0 saturated carbocycles. The fourth-order valence-electron chi connectivity index (χ4n) is 2.92. The summed E-state index contributed by atoms with van der Waals surface area (Å²) in [4.78, 5) is 0. The predicted molar refractivity (Wildman–Crippen MR) is 84.3 cm³/mol. The Bertz CT molecular complexity index is 492. The second-order valence-corrected chi connectivity index (χ2v) is 6.68. The lowest BCUT2D eigenvalue weighted by Crippen LogP contribution is -2.22. The van der Waals surface area contributed by atoms with Crippen molar-refractivity contribution in [1.82, 2.24) is 0 Å². The van der Waals surface area contributed by atoms with E-state index in [2.05, 4.69) is 20.8 Å². The Hall–Kier alpha value is -0.150. The lowest BCUT2D eigenvalue weighted by atomic mass is 9.84. The van der Waals surface area contributed by atoms with E-state index in [-0.39, 0.29) is 23.5 Å². The van der Waals surface area contributed by atoms with Crippen LogP contribution < -0.4 is 4.74 Å². The molecule has 0 aliphatic carbocycles. The highest BCUT2D eigenvalue weighted by Crippen LogP contribution is 2.47. The topological polar surface area (TPSA) is 18.5 Å². The zero-order valence-corrected chi connectivity index (χ0v) is 14.3. The van der Waals surface area contributed by atoms with Gasteiger partial charge in [-0.05, 0) is 31.4 Å². The van der Waals surface area contributed by atoms with Gasteiger partial charge in [-0.15, -0.1) is 11.6 Å². The molecular weight excluding hydrogens is 319 g/mol. The van der Waals surface area contributed by atoms with Gasteiger partial charge >= 0.3 is 0 Å². The van der Waals surface area contributed by atoms with E-state index in [0.29, 0.717) is 21.7 Å². The molecule has 1 aliphatic rings. The molecular formula is C15H19Cl3O2. The SMILES string of the molecule is COc1cc(Cl)c(C(Cl)C2C(C)OC(C)C2C)cc1Cl. The first-order valence-electron chi connectivity index (χ1n) is 6.69. The van der Waals surface area contributed by atoms with Gasteiger partial charge in [0.15, 0.2) is 0 Å². The molecule has 1 saturated heterocycles. The molecule has 112 valence electrons. The normalized spacial score (nSPS) is 31.4. The van der Waals surface area contributed by atoms with Gasteiger partial charge in [-0.2, -0.15) is 0 Å². The van der Waals surface area contributed by atoms with Crippen LogP contribution in [0.25, 0.3) is 0 Å². The van der Waals surface area contributed by atoms with Gasteiger partial charge < -0.3 is 9.47 Å². The summed E-state index contributed by atoms with van der Waals surface area (Å²) in [6.07, 6.45) is 0.295. The quantitative estimate of drug-likeness (QED) is 0.693. The van der Waals surface area contributed by atoms with E-state index in [1.807, 2.05) is 0 Å². The summed E-state index contributed by atoms with van der Waals surface area (Å²) in [6.45, 7) is 6.29. The summed E-state index contributed by atoms with van der Waals surface area (Å²) in [5.41, 5.74) is 0.834. The highest BCUT2D eigenvalue weighted by Gasteiger charge is 2.42. The Labute approximate surface area is 135 Å². The summed E-state index contributed by atoms with van der Waals surface area (Å²) in [6, 6.07) is 3.51. The highest BCUT2D eigenvalue weighted by atomic mass is 35.5. The molecule has 0 spiro atoms. The number of hydrogen-bond acceptors (Lipinski definition) is 2. The van der Waals surface area contributed by atoms with Crippen LogP contribution in [0.1, 0.15) is 31.7 Å².